The van der Waals surface area contributed by atoms with Gasteiger partial charge in [-0.05, 0) is 35.2 Å². The maximum absolute atomic E-state index is 8.55. The van der Waals surface area contributed by atoms with E-state index in [1.54, 1.807) is 6.20 Å². The van der Waals surface area contributed by atoms with Crippen molar-refractivity contribution in [3.05, 3.63) is 83.9 Å². The molecule has 5 nitrogen and oxygen atoms in total. The van der Waals surface area contributed by atoms with Crippen LogP contribution in [0.2, 0.25) is 0 Å². The Morgan fingerprint density at radius 3 is 2.63 bits per heavy atom. The summed E-state index contributed by atoms with van der Waals surface area (Å²) in [6.45, 7) is 3.02. The highest BCUT2D eigenvalue weighted by Gasteiger charge is 2.00. The van der Waals surface area contributed by atoms with E-state index in [9.17, 15) is 0 Å². The van der Waals surface area contributed by atoms with Crippen LogP contribution in [-0.2, 0) is 19.6 Å². The first-order valence-corrected chi connectivity index (χ1v) is 9.16. The number of benzene rings is 2. The summed E-state index contributed by atoms with van der Waals surface area (Å²) in [5, 5.41) is 12.0. The Bertz CT molecular complexity index is 851. The van der Waals surface area contributed by atoms with Gasteiger partial charge in [0.2, 0.25) is 0 Å². The van der Waals surface area contributed by atoms with Crippen LogP contribution in [0.1, 0.15) is 29.5 Å². The maximum atomic E-state index is 8.55. The minimum atomic E-state index is 0.530. The summed E-state index contributed by atoms with van der Waals surface area (Å²) in [5.41, 5.74) is 3.70. The van der Waals surface area contributed by atoms with E-state index in [0.717, 1.165) is 31.8 Å². The van der Waals surface area contributed by atoms with Crippen molar-refractivity contribution >= 4 is 0 Å². The van der Waals surface area contributed by atoms with E-state index in [2.05, 4.69) is 51.3 Å². The molecule has 0 aliphatic carbocycles. The molecule has 0 amide bonds. The van der Waals surface area contributed by atoms with Crippen LogP contribution in [-0.4, -0.2) is 16.2 Å². The van der Waals surface area contributed by atoms with Gasteiger partial charge >= 0.3 is 0 Å². The number of ether oxygens (including phenoxy) is 1. The van der Waals surface area contributed by atoms with Crippen LogP contribution in [0, 0.1) is 11.3 Å². The van der Waals surface area contributed by atoms with Gasteiger partial charge in [0, 0.05) is 38.4 Å². The molecular formula is C22H24N4O. The lowest BCUT2D eigenvalue weighted by atomic mass is 10.1. The van der Waals surface area contributed by atoms with Crippen LogP contribution < -0.4 is 10.1 Å². The highest BCUT2D eigenvalue weighted by molar-refractivity contribution is 5.28. The molecule has 0 saturated heterocycles. The molecule has 1 N–H and O–H groups in total. The molecule has 0 fully saturated rings. The Kier molecular flexibility index (Phi) is 7.02. The van der Waals surface area contributed by atoms with E-state index in [4.69, 9.17) is 10.00 Å². The number of hydrogen-bond acceptors (Lipinski definition) is 4. The van der Waals surface area contributed by atoms with Crippen LogP contribution >= 0.6 is 0 Å². The van der Waals surface area contributed by atoms with Gasteiger partial charge in [0.15, 0.2) is 0 Å². The number of aromatic nitrogens is 2. The van der Waals surface area contributed by atoms with Crippen LogP contribution in [0.25, 0.3) is 0 Å². The van der Waals surface area contributed by atoms with Crippen LogP contribution in [0.5, 0.6) is 5.75 Å². The lowest BCUT2D eigenvalue weighted by Crippen LogP contribution is -2.12. The SMILES string of the molecule is N#CCCCOc1cccc(CNCc2ccc(Cn3ccnc3)cc2)c1. The molecular weight excluding hydrogens is 336 g/mol. The number of unbranched alkanes of at least 4 members (excludes halogenated alkanes) is 1. The fraction of sp³-hybridized carbons (Fsp3) is 0.273. The molecule has 1 heterocycles. The summed E-state index contributed by atoms with van der Waals surface area (Å²) >= 11 is 0. The van der Waals surface area contributed by atoms with E-state index in [1.165, 1.54) is 16.7 Å². The van der Waals surface area contributed by atoms with E-state index in [0.29, 0.717) is 13.0 Å². The molecule has 0 aliphatic heterocycles. The van der Waals surface area contributed by atoms with Gasteiger partial charge in [0.1, 0.15) is 5.75 Å². The Morgan fingerprint density at radius 2 is 1.85 bits per heavy atom. The highest BCUT2D eigenvalue weighted by atomic mass is 16.5. The quantitative estimate of drug-likeness (QED) is 0.557. The van der Waals surface area contributed by atoms with Crippen molar-refractivity contribution in [3.8, 4) is 11.8 Å². The topological polar surface area (TPSA) is 62.9 Å². The van der Waals surface area contributed by atoms with Crippen molar-refractivity contribution in [3.63, 3.8) is 0 Å². The first-order chi connectivity index (χ1) is 13.3. The fourth-order valence-electron chi connectivity index (χ4n) is 2.79. The summed E-state index contributed by atoms with van der Waals surface area (Å²) in [7, 11) is 0. The molecule has 5 heteroatoms. The smallest absolute Gasteiger partial charge is 0.119 e. The summed E-state index contributed by atoms with van der Waals surface area (Å²) in [6.07, 6.45) is 6.89. The molecule has 0 bridgehead atoms. The molecule has 0 saturated carbocycles. The van der Waals surface area contributed by atoms with E-state index < -0.39 is 0 Å². The lowest BCUT2D eigenvalue weighted by Gasteiger charge is -2.09. The number of hydrogen-bond donors (Lipinski definition) is 1. The van der Waals surface area contributed by atoms with Crippen LogP contribution in [0.4, 0.5) is 0 Å². The second-order valence-electron chi connectivity index (χ2n) is 6.41. The molecule has 2 aromatic carbocycles. The minimum Gasteiger partial charge on any atom is -0.494 e. The van der Waals surface area contributed by atoms with Gasteiger partial charge in [-0.1, -0.05) is 36.4 Å². The first-order valence-electron chi connectivity index (χ1n) is 9.16. The van der Waals surface area contributed by atoms with Gasteiger partial charge in [-0.15, -0.1) is 0 Å². The molecule has 1 aromatic heterocycles. The molecule has 27 heavy (non-hydrogen) atoms. The third-order valence-electron chi connectivity index (χ3n) is 4.21. The molecule has 0 aliphatic rings. The second kappa shape index (κ2) is 10.1. The molecule has 0 atom stereocenters. The largest absolute Gasteiger partial charge is 0.494 e. The van der Waals surface area contributed by atoms with Crippen LogP contribution in [0.15, 0.2) is 67.3 Å². The molecule has 3 rings (SSSR count). The van der Waals surface area contributed by atoms with Gasteiger partial charge in [0.25, 0.3) is 0 Å². The maximum Gasteiger partial charge on any atom is 0.119 e. The Balaban J connectivity index is 1.43. The summed E-state index contributed by atoms with van der Waals surface area (Å²) in [5.74, 6) is 0.857. The summed E-state index contributed by atoms with van der Waals surface area (Å²) in [6, 6.07) is 18.9. The Hall–Kier alpha value is -3.10. The molecule has 3 aromatic rings. The Morgan fingerprint density at radius 1 is 1.04 bits per heavy atom. The van der Waals surface area contributed by atoms with Gasteiger partial charge in [-0.3, -0.25) is 0 Å². The Labute approximate surface area is 160 Å². The van der Waals surface area contributed by atoms with Gasteiger partial charge in [-0.2, -0.15) is 5.26 Å². The predicted octanol–water partition coefficient (Wildman–Crippen LogP) is 3.90. The standard InChI is InChI=1S/C22H24N4O/c23-10-1-2-13-27-22-5-3-4-21(14-22)16-25-15-19-6-8-20(9-7-19)17-26-12-11-24-18-26/h3-9,11-12,14,18,25H,1-2,13,15-17H2. The van der Waals surface area contributed by atoms with Crippen molar-refractivity contribution in [2.24, 2.45) is 0 Å². The normalized spacial score (nSPS) is 10.5. The fourth-order valence-corrected chi connectivity index (χ4v) is 2.79. The van der Waals surface area contributed by atoms with Crippen LogP contribution in [0.3, 0.4) is 0 Å². The van der Waals surface area contributed by atoms with Crippen molar-refractivity contribution in [1.82, 2.24) is 14.9 Å². The lowest BCUT2D eigenvalue weighted by molar-refractivity contribution is 0.312. The average Bonchev–Trinajstić information content (AvgIpc) is 3.20. The second-order valence-corrected chi connectivity index (χ2v) is 6.41. The molecule has 138 valence electrons. The summed E-state index contributed by atoms with van der Waals surface area (Å²) < 4.78 is 7.74. The predicted molar refractivity (Wildman–Crippen MR) is 105 cm³/mol. The zero-order valence-electron chi connectivity index (χ0n) is 15.3. The summed E-state index contributed by atoms with van der Waals surface area (Å²) in [4.78, 5) is 4.07. The van der Waals surface area contributed by atoms with Crippen molar-refractivity contribution in [1.29, 1.82) is 5.26 Å². The van der Waals surface area contributed by atoms with Crippen molar-refractivity contribution in [2.45, 2.75) is 32.5 Å². The van der Waals surface area contributed by atoms with Gasteiger partial charge in [-0.25, -0.2) is 4.98 Å². The van der Waals surface area contributed by atoms with E-state index in [-0.39, 0.29) is 0 Å². The van der Waals surface area contributed by atoms with Crippen molar-refractivity contribution in [2.75, 3.05) is 6.61 Å². The van der Waals surface area contributed by atoms with Gasteiger partial charge < -0.3 is 14.6 Å². The molecule has 0 spiro atoms. The number of nitrogens with zero attached hydrogens (tertiary/aromatic N) is 3. The number of nitrogens with one attached hydrogen (secondary N) is 1. The van der Waals surface area contributed by atoms with Gasteiger partial charge in [0.05, 0.1) is 19.0 Å². The average molecular weight is 360 g/mol. The molecule has 0 radical (unpaired) electrons. The number of nitriles is 1. The zero-order chi connectivity index (χ0) is 18.7. The number of rotatable bonds is 10. The minimum absolute atomic E-state index is 0.530. The van der Waals surface area contributed by atoms with Crippen molar-refractivity contribution < 1.29 is 4.74 Å². The highest BCUT2D eigenvalue weighted by Crippen LogP contribution is 2.14. The van der Waals surface area contributed by atoms with E-state index in [1.807, 2.05) is 30.7 Å². The zero-order valence-corrected chi connectivity index (χ0v) is 15.3. The third-order valence-corrected chi connectivity index (χ3v) is 4.21. The monoisotopic (exact) mass is 360 g/mol. The number of imidazole rings is 1. The first kappa shape index (κ1) is 18.7. The van der Waals surface area contributed by atoms with E-state index >= 15 is 0 Å². The molecule has 0 unspecified atom stereocenters. The third kappa shape index (κ3) is 6.28.